The van der Waals surface area contributed by atoms with E-state index < -0.39 is 42.1 Å². The molecule has 1 aromatic carbocycles. The van der Waals surface area contributed by atoms with Crippen LogP contribution in [0.4, 0.5) is 22.0 Å². The number of ether oxygens (including phenoxy) is 1. The minimum Gasteiger partial charge on any atom is -0.357 e. The second-order valence-corrected chi connectivity index (χ2v) is 10.3. The number of nitrogens with zero attached hydrogens (tertiary/aromatic N) is 3. The van der Waals surface area contributed by atoms with Crippen molar-refractivity contribution >= 4 is 11.9 Å². The highest BCUT2D eigenvalue weighted by Crippen LogP contribution is 2.42. The van der Waals surface area contributed by atoms with Crippen LogP contribution >= 0.6 is 11.9 Å². The van der Waals surface area contributed by atoms with Crippen LogP contribution in [0, 0.1) is 11.6 Å². The molecule has 2 aliphatic heterocycles. The van der Waals surface area contributed by atoms with Gasteiger partial charge in [0.25, 0.3) is 0 Å². The van der Waals surface area contributed by atoms with Crippen LogP contribution in [0.3, 0.4) is 0 Å². The van der Waals surface area contributed by atoms with Gasteiger partial charge in [-0.2, -0.15) is 18.3 Å². The summed E-state index contributed by atoms with van der Waals surface area (Å²) in [4.78, 5) is 1.68. The number of hydrogen-bond donors (Lipinski definition) is 1. The lowest BCUT2D eigenvalue weighted by Crippen LogP contribution is -2.58. The van der Waals surface area contributed by atoms with Crippen LogP contribution < -0.4 is 5.73 Å². The van der Waals surface area contributed by atoms with Crippen molar-refractivity contribution in [1.29, 1.82) is 0 Å². The molecule has 3 heterocycles. The number of aromatic nitrogens is 2. The summed E-state index contributed by atoms with van der Waals surface area (Å²) in [6.45, 7) is 0.576. The highest BCUT2D eigenvalue weighted by Gasteiger charge is 2.54. The molecule has 0 radical (unpaired) electrons. The number of fused-ring (bicyclic) bond motifs is 1. The van der Waals surface area contributed by atoms with Gasteiger partial charge < -0.3 is 10.5 Å². The average Bonchev–Trinajstić information content (AvgIpc) is 3.46. The van der Waals surface area contributed by atoms with E-state index in [9.17, 15) is 22.0 Å². The molecule has 0 bridgehead atoms. The molecule has 4 atom stereocenters. The Morgan fingerprint density at radius 1 is 1.12 bits per heavy atom. The Kier molecular flexibility index (Phi) is 6.17. The fourth-order valence-corrected chi connectivity index (χ4v) is 6.32. The summed E-state index contributed by atoms with van der Waals surface area (Å²) in [7, 11) is 0. The van der Waals surface area contributed by atoms with Gasteiger partial charge in [0.1, 0.15) is 17.7 Å². The molecule has 2 fully saturated rings. The summed E-state index contributed by atoms with van der Waals surface area (Å²) in [5, 5.41) is 5.11. The van der Waals surface area contributed by atoms with Crippen LogP contribution in [0.2, 0.25) is 0 Å². The molecule has 1 saturated carbocycles. The number of halogens is 5. The Labute approximate surface area is 192 Å². The van der Waals surface area contributed by atoms with E-state index in [2.05, 4.69) is 5.10 Å². The van der Waals surface area contributed by atoms with Crippen molar-refractivity contribution in [3.05, 3.63) is 52.9 Å². The van der Waals surface area contributed by atoms with Crippen LogP contribution in [0.5, 0.6) is 0 Å². The molecular formula is C22H25F5N4OS. The van der Waals surface area contributed by atoms with Gasteiger partial charge in [0.15, 0.2) is 6.10 Å². The highest BCUT2D eigenvalue weighted by atomic mass is 32.2. The topological polar surface area (TPSA) is 56.3 Å². The molecule has 180 valence electrons. The first-order chi connectivity index (χ1) is 15.7. The maximum Gasteiger partial charge on any atom is 0.416 e. The third-order valence-corrected chi connectivity index (χ3v) is 7.92. The number of nitrogens with two attached hydrogens (primary N) is 1. The zero-order chi connectivity index (χ0) is 23.3. The predicted molar refractivity (Wildman–Crippen MR) is 113 cm³/mol. The van der Waals surface area contributed by atoms with Crippen molar-refractivity contribution < 1.29 is 26.7 Å². The zero-order valence-electron chi connectivity index (χ0n) is 17.8. The molecule has 0 spiro atoms. The monoisotopic (exact) mass is 488 g/mol. The van der Waals surface area contributed by atoms with Crippen molar-refractivity contribution in [2.75, 3.05) is 0 Å². The molecule has 2 N–H and O–H groups in total. The third kappa shape index (κ3) is 4.65. The molecule has 3 aliphatic rings. The van der Waals surface area contributed by atoms with Crippen LogP contribution in [-0.4, -0.2) is 43.7 Å². The molecule has 0 amide bonds. The van der Waals surface area contributed by atoms with Crippen molar-refractivity contribution in [2.24, 2.45) is 5.73 Å². The molecule has 1 saturated heterocycles. The van der Waals surface area contributed by atoms with Gasteiger partial charge in [-0.15, -0.1) is 0 Å². The summed E-state index contributed by atoms with van der Waals surface area (Å²) < 4.78 is 77.1. The number of rotatable bonds is 4. The Morgan fingerprint density at radius 2 is 1.88 bits per heavy atom. The minimum atomic E-state index is -4.69. The standard InChI is InChI=1S/C22H25F5N4OS/c23-13-5-6-16(24)15(7-13)20-17(28)8-19(21(32-20)22(25,26)27)30-9-12-10-31(29-18(12)11-30)33-14-3-1-2-4-14/h5-7,10,14,17,19-21H,1-4,8-9,11,28H2/t17?,19?,20-,21?/m1/s1. The van der Waals surface area contributed by atoms with E-state index >= 15 is 0 Å². The van der Waals surface area contributed by atoms with Crippen LogP contribution in [0.1, 0.15) is 55.0 Å². The summed E-state index contributed by atoms with van der Waals surface area (Å²) in [6, 6.07) is 0.665. The Bertz CT molecular complexity index is 986. The molecule has 3 unspecified atom stereocenters. The van der Waals surface area contributed by atoms with Crippen LogP contribution in [-0.2, 0) is 17.8 Å². The van der Waals surface area contributed by atoms with Crippen molar-refractivity contribution in [1.82, 2.24) is 14.1 Å². The van der Waals surface area contributed by atoms with E-state index in [1.54, 1.807) is 16.8 Å². The Hall–Kier alpha value is -1.69. The van der Waals surface area contributed by atoms with Crippen molar-refractivity contribution in [3.8, 4) is 0 Å². The van der Waals surface area contributed by atoms with Gasteiger partial charge in [-0.25, -0.2) is 12.9 Å². The van der Waals surface area contributed by atoms with Crippen LogP contribution in [0.15, 0.2) is 24.4 Å². The first-order valence-electron chi connectivity index (χ1n) is 11.1. The number of alkyl halides is 3. The fourth-order valence-electron chi connectivity index (χ4n) is 5.14. The van der Waals surface area contributed by atoms with E-state index in [4.69, 9.17) is 10.5 Å². The maximum atomic E-state index is 14.3. The van der Waals surface area contributed by atoms with Gasteiger partial charge in [0, 0.05) is 47.7 Å². The molecule has 2 aromatic rings. The van der Waals surface area contributed by atoms with E-state index in [-0.39, 0.29) is 18.5 Å². The summed E-state index contributed by atoms with van der Waals surface area (Å²) in [5.74, 6) is -1.60. The van der Waals surface area contributed by atoms with E-state index in [1.807, 2.05) is 10.3 Å². The second-order valence-electron chi connectivity index (χ2n) is 9.07. The SMILES string of the molecule is NC1CC(N2Cc3cn(SC4CCCC4)nc3C2)C(C(F)(F)F)O[C@@H]1c1cc(F)ccc1F. The Balaban J connectivity index is 1.33. The smallest absolute Gasteiger partial charge is 0.357 e. The lowest BCUT2D eigenvalue weighted by atomic mass is 9.89. The lowest BCUT2D eigenvalue weighted by Gasteiger charge is -2.44. The quantitative estimate of drug-likeness (QED) is 0.632. The predicted octanol–water partition coefficient (Wildman–Crippen LogP) is 4.70. The molecule has 33 heavy (non-hydrogen) atoms. The molecule has 11 heteroatoms. The summed E-state index contributed by atoms with van der Waals surface area (Å²) in [5.41, 5.74) is 7.52. The van der Waals surface area contributed by atoms with E-state index in [0.717, 1.165) is 42.3 Å². The van der Waals surface area contributed by atoms with Gasteiger partial charge >= 0.3 is 6.18 Å². The van der Waals surface area contributed by atoms with E-state index in [0.29, 0.717) is 11.8 Å². The molecule has 5 nitrogen and oxygen atoms in total. The third-order valence-electron chi connectivity index (χ3n) is 6.74. The van der Waals surface area contributed by atoms with Crippen molar-refractivity contribution in [2.45, 2.75) is 80.9 Å². The first-order valence-corrected chi connectivity index (χ1v) is 11.9. The maximum absolute atomic E-state index is 14.3. The van der Waals surface area contributed by atoms with Gasteiger partial charge in [-0.1, -0.05) is 12.8 Å². The summed E-state index contributed by atoms with van der Waals surface area (Å²) >= 11 is 1.67. The number of benzene rings is 1. The molecule has 5 rings (SSSR count). The molecular weight excluding hydrogens is 463 g/mol. The van der Waals surface area contributed by atoms with Gasteiger partial charge in [-0.3, -0.25) is 4.90 Å². The Morgan fingerprint density at radius 3 is 2.58 bits per heavy atom. The lowest BCUT2D eigenvalue weighted by molar-refractivity contribution is -0.269. The largest absolute Gasteiger partial charge is 0.416 e. The van der Waals surface area contributed by atoms with Gasteiger partial charge in [-0.05, 0) is 49.4 Å². The molecule has 1 aliphatic carbocycles. The first kappa shape index (κ1) is 23.1. The normalized spacial score (nSPS) is 29.0. The number of hydrogen-bond acceptors (Lipinski definition) is 5. The minimum absolute atomic E-state index is 0.0636. The van der Waals surface area contributed by atoms with Crippen LogP contribution in [0.25, 0.3) is 0 Å². The molecule has 1 aromatic heterocycles. The van der Waals surface area contributed by atoms with Crippen molar-refractivity contribution in [3.63, 3.8) is 0 Å². The van der Waals surface area contributed by atoms with Gasteiger partial charge in [0.05, 0.1) is 5.69 Å². The van der Waals surface area contributed by atoms with Gasteiger partial charge in [0.2, 0.25) is 0 Å². The second kappa shape index (κ2) is 8.83. The highest BCUT2D eigenvalue weighted by molar-refractivity contribution is 7.98. The average molecular weight is 489 g/mol. The van der Waals surface area contributed by atoms with E-state index in [1.165, 1.54) is 12.8 Å². The fraction of sp³-hybridized carbons (Fsp3) is 0.591. The zero-order valence-corrected chi connectivity index (χ0v) is 18.6. The summed E-state index contributed by atoms with van der Waals surface area (Å²) in [6.07, 6.45) is -1.68.